The average Bonchev–Trinajstić information content (AvgIpc) is 2.61. The van der Waals surface area contributed by atoms with Gasteiger partial charge in [-0.25, -0.2) is 14.8 Å². The molecule has 0 saturated carbocycles. The molecule has 0 unspecified atom stereocenters. The summed E-state index contributed by atoms with van der Waals surface area (Å²) in [5.74, 6) is -0.721. The van der Waals surface area contributed by atoms with Crippen LogP contribution in [0.1, 0.15) is 0 Å². The number of fused-ring (bicyclic) bond motifs is 1. The van der Waals surface area contributed by atoms with Crippen molar-refractivity contribution in [3.8, 4) is 0 Å². The van der Waals surface area contributed by atoms with Gasteiger partial charge in [-0.3, -0.25) is 5.01 Å². The molecule has 0 aromatic heterocycles. The number of hydrogen-bond donors (Lipinski definition) is 3. The molecule has 0 atom stereocenters. The van der Waals surface area contributed by atoms with Gasteiger partial charge >= 0.3 is 5.97 Å². The molecule has 2 rings (SSSR count). The second-order valence-electron chi connectivity index (χ2n) is 3.12. The van der Waals surface area contributed by atoms with Gasteiger partial charge in [-0.15, -0.1) is 5.53 Å². The van der Waals surface area contributed by atoms with Crippen LogP contribution in [0.5, 0.6) is 0 Å². The van der Waals surface area contributed by atoms with Crippen molar-refractivity contribution in [2.24, 2.45) is 4.99 Å². The molecule has 3 N–H and O–H groups in total. The van der Waals surface area contributed by atoms with Crippen LogP contribution in [0.25, 0.3) is 0 Å². The SMILES string of the molecule is O=C(O)C1=NC2=CN(CCO)NN2C([S])=C1. The molecule has 2 aliphatic heterocycles. The van der Waals surface area contributed by atoms with Gasteiger partial charge in [0.25, 0.3) is 0 Å². The summed E-state index contributed by atoms with van der Waals surface area (Å²) in [4.78, 5) is 14.7. The van der Waals surface area contributed by atoms with E-state index < -0.39 is 5.97 Å². The van der Waals surface area contributed by atoms with E-state index in [2.05, 4.69) is 10.5 Å². The number of aliphatic imine (C=N–C) groups is 1. The van der Waals surface area contributed by atoms with E-state index in [0.717, 1.165) is 0 Å². The van der Waals surface area contributed by atoms with Crippen molar-refractivity contribution >= 4 is 24.3 Å². The van der Waals surface area contributed by atoms with Gasteiger partial charge in [0.1, 0.15) is 5.03 Å². The normalized spacial score (nSPS) is 18.9. The van der Waals surface area contributed by atoms with Crippen LogP contribution in [0.4, 0.5) is 0 Å². The summed E-state index contributed by atoms with van der Waals surface area (Å²) >= 11 is 5.01. The van der Waals surface area contributed by atoms with Crippen molar-refractivity contribution < 1.29 is 15.0 Å². The number of hydrogen-bond acceptors (Lipinski definition) is 6. The Morgan fingerprint density at radius 1 is 1.62 bits per heavy atom. The van der Waals surface area contributed by atoms with Gasteiger partial charge in [-0.05, 0) is 0 Å². The van der Waals surface area contributed by atoms with Crippen LogP contribution in [-0.4, -0.2) is 45.1 Å². The molecule has 8 heteroatoms. The maximum atomic E-state index is 10.8. The Hall–Kier alpha value is -1.64. The van der Waals surface area contributed by atoms with E-state index in [9.17, 15) is 4.79 Å². The standard InChI is InChI=1S/C8H9N4O3S/c13-2-1-11-4-6-9-5(8(14)15)3-7(16)12(6)10-11/h3-4,10,13H,1-2H2,(H,14,15). The zero-order valence-electron chi connectivity index (χ0n) is 8.12. The topological polar surface area (TPSA) is 88.4 Å². The van der Waals surface area contributed by atoms with Crippen molar-refractivity contribution in [2.45, 2.75) is 0 Å². The summed E-state index contributed by atoms with van der Waals surface area (Å²) in [5, 5.41) is 20.9. The van der Waals surface area contributed by atoms with E-state index in [1.807, 2.05) is 0 Å². The van der Waals surface area contributed by atoms with Crippen LogP contribution < -0.4 is 5.53 Å². The first-order chi connectivity index (χ1) is 7.61. The Balaban J connectivity index is 2.25. The molecule has 16 heavy (non-hydrogen) atoms. The third-order valence-corrected chi connectivity index (χ3v) is 2.30. The molecule has 0 amide bonds. The maximum Gasteiger partial charge on any atom is 0.354 e. The lowest BCUT2D eigenvalue weighted by Crippen LogP contribution is -2.41. The number of hydrazine groups is 2. The van der Waals surface area contributed by atoms with Crippen LogP contribution in [0.2, 0.25) is 0 Å². The molecule has 85 valence electrons. The molecule has 7 nitrogen and oxygen atoms in total. The Kier molecular flexibility index (Phi) is 2.77. The van der Waals surface area contributed by atoms with Crippen LogP contribution in [0.3, 0.4) is 0 Å². The van der Waals surface area contributed by atoms with Gasteiger partial charge in [0.05, 0.1) is 19.4 Å². The summed E-state index contributed by atoms with van der Waals surface area (Å²) in [5.41, 5.74) is 2.75. The highest BCUT2D eigenvalue weighted by Gasteiger charge is 2.27. The number of nitrogens with one attached hydrogen (secondary N) is 1. The number of carboxylic acids is 1. The Morgan fingerprint density at radius 2 is 2.38 bits per heavy atom. The summed E-state index contributed by atoms with van der Waals surface area (Å²) in [6.45, 7) is 0.330. The van der Waals surface area contributed by atoms with Crippen molar-refractivity contribution in [1.29, 1.82) is 0 Å². The minimum atomic E-state index is -1.12. The fraction of sp³-hybridized carbons (Fsp3) is 0.250. The summed E-state index contributed by atoms with van der Waals surface area (Å²) in [7, 11) is 0. The summed E-state index contributed by atoms with van der Waals surface area (Å²) < 4.78 is 0. The highest BCUT2D eigenvalue weighted by molar-refractivity contribution is 7.84. The zero-order chi connectivity index (χ0) is 11.7. The van der Waals surface area contributed by atoms with E-state index >= 15 is 0 Å². The van der Waals surface area contributed by atoms with Crippen LogP contribution in [0.15, 0.2) is 28.1 Å². The first-order valence-corrected chi connectivity index (χ1v) is 4.89. The lowest BCUT2D eigenvalue weighted by Gasteiger charge is -2.23. The molecule has 0 aromatic rings. The highest BCUT2D eigenvalue weighted by Crippen LogP contribution is 2.24. The predicted octanol–water partition coefficient (Wildman–Crippen LogP) is -0.607. The largest absolute Gasteiger partial charge is 0.477 e. The quantitative estimate of drug-likeness (QED) is 0.611. The van der Waals surface area contributed by atoms with E-state index in [0.29, 0.717) is 17.4 Å². The first kappa shape index (κ1) is 10.9. The third kappa shape index (κ3) is 1.85. The maximum absolute atomic E-state index is 10.8. The number of aliphatic carboxylic acids is 1. The van der Waals surface area contributed by atoms with Crippen molar-refractivity contribution in [1.82, 2.24) is 15.6 Å². The predicted molar refractivity (Wildman–Crippen MR) is 57.6 cm³/mol. The lowest BCUT2D eigenvalue weighted by molar-refractivity contribution is -0.129. The molecular weight excluding hydrogens is 232 g/mol. The van der Waals surface area contributed by atoms with Crippen molar-refractivity contribution in [2.75, 3.05) is 13.2 Å². The second-order valence-corrected chi connectivity index (χ2v) is 3.54. The van der Waals surface area contributed by atoms with Crippen molar-refractivity contribution in [3.05, 3.63) is 23.1 Å². The summed E-state index contributed by atoms with van der Waals surface area (Å²) in [6.07, 6.45) is 2.88. The smallest absolute Gasteiger partial charge is 0.354 e. The molecule has 0 aliphatic carbocycles. The number of aliphatic hydroxyl groups is 1. The van der Waals surface area contributed by atoms with Crippen molar-refractivity contribution in [3.63, 3.8) is 0 Å². The fourth-order valence-corrected chi connectivity index (χ4v) is 1.56. The van der Waals surface area contributed by atoms with Gasteiger partial charge < -0.3 is 10.2 Å². The molecule has 0 aromatic carbocycles. The molecule has 0 saturated heterocycles. The molecule has 0 fully saturated rings. The van der Waals surface area contributed by atoms with E-state index in [1.54, 1.807) is 11.2 Å². The van der Waals surface area contributed by atoms with Gasteiger partial charge in [0.15, 0.2) is 11.5 Å². The molecule has 2 aliphatic rings. The Bertz CT molecular complexity index is 418. The minimum absolute atomic E-state index is 0.0312. The fourth-order valence-electron chi connectivity index (χ4n) is 1.32. The second kappa shape index (κ2) is 4.08. The van der Waals surface area contributed by atoms with Gasteiger partial charge in [-0.1, -0.05) is 12.6 Å². The first-order valence-electron chi connectivity index (χ1n) is 4.48. The number of aliphatic hydroxyl groups excluding tert-OH is 1. The van der Waals surface area contributed by atoms with Crippen LogP contribution >= 0.6 is 12.6 Å². The molecule has 1 radical (unpaired) electrons. The molecule has 0 bridgehead atoms. The Morgan fingerprint density at radius 3 is 3.00 bits per heavy atom. The third-order valence-electron chi connectivity index (χ3n) is 2.00. The summed E-state index contributed by atoms with van der Waals surface area (Å²) in [6, 6.07) is 0. The number of rotatable bonds is 3. The lowest BCUT2D eigenvalue weighted by atomic mass is 10.3. The zero-order valence-corrected chi connectivity index (χ0v) is 8.94. The van der Waals surface area contributed by atoms with E-state index in [1.165, 1.54) is 11.1 Å². The Labute approximate surface area is 96.7 Å². The van der Waals surface area contributed by atoms with Gasteiger partial charge in [0, 0.05) is 6.08 Å². The minimum Gasteiger partial charge on any atom is -0.477 e. The van der Waals surface area contributed by atoms with E-state index in [4.69, 9.17) is 22.8 Å². The van der Waals surface area contributed by atoms with Gasteiger partial charge in [0.2, 0.25) is 0 Å². The molecule has 0 spiro atoms. The molecule has 2 heterocycles. The number of carboxylic acid groups (broad SMARTS) is 1. The monoisotopic (exact) mass is 241 g/mol. The number of nitrogens with zero attached hydrogens (tertiary/aromatic N) is 3. The van der Waals surface area contributed by atoms with Crippen LogP contribution in [-0.2, 0) is 4.79 Å². The number of β-amino-alcohol motifs (C(OH)–C–C–N with tert-alkyl or cyclic N) is 1. The molecular formula is C8H9N4O3S. The van der Waals surface area contributed by atoms with Gasteiger partial charge in [-0.2, -0.15) is 0 Å². The van der Waals surface area contributed by atoms with E-state index in [-0.39, 0.29) is 12.3 Å². The van der Waals surface area contributed by atoms with Crippen LogP contribution in [0, 0.1) is 0 Å². The number of carbonyl (C=O) groups is 1. The average molecular weight is 241 g/mol. The highest BCUT2D eigenvalue weighted by atomic mass is 32.1.